The lowest BCUT2D eigenvalue weighted by Crippen LogP contribution is -2.60. The highest BCUT2D eigenvalue weighted by Gasteiger charge is 2.48. The first kappa shape index (κ1) is 60.8. The lowest BCUT2D eigenvalue weighted by atomic mass is 9.99. The highest BCUT2D eigenvalue weighted by molar-refractivity contribution is 7.80. The molecule has 1 aliphatic rings. The Bertz CT molecular complexity index is 1560. The Morgan fingerprint density at radius 1 is 0.591 bits per heavy atom. The van der Waals surface area contributed by atoms with E-state index in [1.807, 2.05) is 0 Å². The number of carbonyl (C=O) groups is 1. The molecular weight excluding hydrogens is 861 g/mol. The molecule has 0 bridgehead atoms. The van der Waals surface area contributed by atoms with E-state index in [9.17, 15) is 33.1 Å². The van der Waals surface area contributed by atoms with E-state index in [4.69, 9.17) is 18.9 Å². The average Bonchev–Trinajstić information content (AvgIpc) is 3.29. The number of rotatable bonds is 41. The topological polar surface area (TPSA) is 178 Å². The van der Waals surface area contributed by atoms with Crippen molar-refractivity contribution in [2.45, 2.75) is 192 Å². The summed E-state index contributed by atoms with van der Waals surface area (Å²) in [5.41, 5.74) is 0. The quantitative estimate of drug-likeness (QED) is 0.0198. The number of esters is 1. The summed E-state index contributed by atoms with van der Waals surface area (Å²) in [7, 11) is -5.08. The maximum absolute atomic E-state index is 12.9. The second kappa shape index (κ2) is 43.1. The lowest BCUT2D eigenvalue weighted by Gasteiger charge is -2.41. The summed E-state index contributed by atoms with van der Waals surface area (Å²) in [6, 6.07) is 0. The fraction of sp³-hybridized carbons (Fsp3) is 0.642. The van der Waals surface area contributed by atoms with Crippen molar-refractivity contribution in [1.29, 1.82) is 0 Å². The Kier molecular flexibility index (Phi) is 39.7. The van der Waals surface area contributed by atoms with E-state index >= 15 is 0 Å². The van der Waals surface area contributed by atoms with Crippen molar-refractivity contribution in [3.63, 3.8) is 0 Å². The van der Waals surface area contributed by atoms with Crippen molar-refractivity contribution >= 4 is 16.4 Å². The maximum atomic E-state index is 12.9. The number of hydrogen-bond donors (Lipinski definition) is 4. The molecule has 0 radical (unpaired) electrons. The maximum Gasteiger partial charge on any atom is 0.397 e. The summed E-state index contributed by atoms with van der Waals surface area (Å²) in [4.78, 5) is 12.9. The smallest absolute Gasteiger partial charge is 0.397 e. The van der Waals surface area contributed by atoms with Gasteiger partial charge in [0.15, 0.2) is 6.29 Å². The normalized spacial score (nSPS) is 20.5. The molecule has 1 rings (SSSR count). The molecule has 1 saturated heterocycles. The number of aliphatic hydroxyl groups excluding tert-OH is 3. The Morgan fingerprint density at radius 3 is 1.53 bits per heavy atom. The minimum absolute atomic E-state index is 0.00477. The van der Waals surface area contributed by atoms with Crippen LogP contribution in [-0.2, 0) is 38.3 Å². The van der Waals surface area contributed by atoms with Gasteiger partial charge in [-0.3, -0.25) is 9.35 Å². The Morgan fingerprint density at radius 2 is 1.05 bits per heavy atom. The molecule has 0 aliphatic carbocycles. The summed E-state index contributed by atoms with van der Waals surface area (Å²) in [5, 5.41) is 30.7. The summed E-state index contributed by atoms with van der Waals surface area (Å²) in [6.07, 6.45) is 51.2. The first-order chi connectivity index (χ1) is 32.1. The van der Waals surface area contributed by atoms with Gasteiger partial charge in [-0.15, -0.1) is 0 Å². The fourth-order valence-electron chi connectivity index (χ4n) is 6.69. The summed E-state index contributed by atoms with van der Waals surface area (Å²) in [6.45, 7) is 3.70. The van der Waals surface area contributed by atoms with E-state index in [-0.39, 0.29) is 19.6 Å². The number of hydrogen-bond acceptors (Lipinski definition) is 11. The monoisotopic (exact) mass is 947 g/mol. The molecule has 6 atom stereocenters. The molecule has 1 aliphatic heterocycles. The van der Waals surface area contributed by atoms with Crippen LogP contribution >= 0.6 is 0 Å². The third-order valence-corrected chi connectivity index (χ3v) is 10.8. The standard InChI is InChI=1S/C53H86O12S/c1-3-5-7-9-11-13-15-17-18-19-20-21-22-23-24-25-26-27-28-29-31-33-35-37-39-41-43-61-45-47(46-62-53-51(57)52(65-66(58,59)60)50(56)48(44-54)64-53)63-49(55)42-40-38-36-34-32-30-16-14-12-10-8-6-4-2/h5,7-8,10-11,13-14,16-18,20-21,23-24,26-27,29,31,47-48,50-54,56-57H,3-4,6,9,12,15,19,22,25,28,30,32-46H2,1-2H3,(H,58,59,60)/b7-5-,10-8-,13-11-,16-14-,18-17-,21-20-,24-23-,27-26-,31-29-. The Labute approximate surface area is 398 Å². The van der Waals surface area contributed by atoms with Gasteiger partial charge in [0, 0.05) is 13.0 Å². The minimum Gasteiger partial charge on any atom is -0.457 e. The van der Waals surface area contributed by atoms with Crippen molar-refractivity contribution in [3.05, 3.63) is 109 Å². The van der Waals surface area contributed by atoms with E-state index in [0.29, 0.717) is 13.0 Å². The van der Waals surface area contributed by atoms with Crippen molar-refractivity contribution in [2.75, 3.05) is 26.4 Å². The molecule has 0 amide bonds. The summed E-state index contributed by atoms with van der Waals surface area (Å²) < 4.78 is 59.1. The molecule has 376 valence electrons. The van der Waals surface area contributed by atoms with Gasteiger partial charge in [-0.05, 0) is 96.3 Å². The molecule has 13 heteroatoms. The molecule has 66 heavy (non-hydrogen) atoms. The van der Waals surface area contributed by atoms with Gasteiger partial charge < -0.3 is 34.3 Å². The summed E-state index contributed by atoms with van der Waals surface area (Å²) >= 11 is 0. The predicted molar refractivity (Wildman–Crippen MR) is 266 cm³/mol. The van der Waals surface area contributed by atoms with Gasteiger partial charge in [0.25, 0.3) is 0 Å². The first-order valence-electron chi connectivity index (χ1n) is 24.6. The van der Waals surface area contributed by atoms with E-state index in [1.165, 1.54) is 0 Å². The molecule has 0 aromatic carbocycles. The summed E-state index contributed by atoms with van der Waals surface area (Å²) in [5.74, 6) is -0.429. The van der Waals surface area contributed by atoms with Gasteiger partial charge in [0.1, 0.15) is 30.5 Å². The van der Waals surface area contributed by atoms with E-state index in [0.717, 1.165) is 128 Å². The van der Waals surface area contributed by atoms with Gasteiger partial charge in [-0.25, -0.2) is 4.18 Å². The number of ether oxygens (including phenoxy) is 4. The van der Waals surface area contributed by atoms with Crippen LogP contribution in [0, 0.1) is 0 Å². The second-order valence-corrected chi connectivity index (χ2v) is 17.4. The molecule has 6 unspecified atom stereocenters. The third kappa shape index (κ3) is 35.9. The van der Waals surface area contributed by atoms with Gasteiger partial charge in [-0.1, -0.05) is 162 Å². The van der Waals surface area contributed by atoms with E-state index < -0.39 is 59.8 Å². The Balaban J connectivity index is 2.39. The van der Waals surface area contributed by atoms with E-state index in [1.54, 1.807) is 0 Å². The van der Waals surface area contributed by atoms with Crippen molar-refractivity contribution in [1.82, 2.24) is 0 Å². The number of aliphatic hydroxyl groups is 3. The van der Waals surface area contributed by atoms with Gasteiger partial charge >= 0.3 is 16.4 Å². The Hall–Kier alpha value is -3.24. The second-order valence-electron chi connectivity index (χ2n) is 16.3. The van der Waals surface area contributed by atoms with Crippen molar-refractivity contribution in [3.8, 4) is 0 Å². The van der Waals surface area contributed by atoms with Crippen LogP contribution in [0.25, 0.3) is 0 Å². The molecule has 12 nitrogen and oxygen atoms in total. The lowest BCUT2D eigenvalue weighted by molar-refractivity contribution is -0.301. The minimum atomic E-state index is -5.08. The van der Waals surface area contributed by atoms with Crippen LogP contribution in [0.1, 0.15) is 155 Å². The molecule has 4 N–H and O–H groups in total. The largest absolute Gasteiger partial charge is 0.457 e. The number of carbonyl (C=O) groups excluding carboxylic acids is 1. The van der Waals surface area contributed by atoms with Gasteiger partial charge in [-0.2, -0.15) is 8.42 Å². The number of unbranched alkanes of at least 4 members (excludes halogenated alkanes) is 10. The molecule has 0 aromatic heterocycles. The van der Waals surface area contributed by atoms with Crippen LogP contribution in [0.4, 0.5) is 0 Å². The highest BCUT2D eigenvalue weighted by Crippen LogP contribution is 2.26. The third-order valence-electron chi connectivity index (χ3n) is 10.4. The molecule has 1 fully saturated rings. The molecular formula is C53H86O12S. The number of allylic oxidation sites excluding steroid dienone is 18. The first-order valence-corrected chi connectivity index (χ1v) is 26.0. The zero-order valence-electron chi connectivity index (χ0n) is 40.2. The van der Waals surface area contributed by atoms with Crippen LogP contribution < -0.4 is 0 Å². The molecule has 1 heterocycles. The van der Waals surface area contributed by atoms with Crippen LogP contribution in [0.15, 0.2) is 109 Å². The van der Waals surface area contributed by atoms with Crippen LogP contribution in [0.2, 0.25) is 0 Å². The average molecular weight is 947 g/mol. The molecule has 0 aromatic rings. The van der Waals surface area contributed by atoms with Gasteiger partial charge in [0.05, 0.1) is 19.8 Å². The molecule has 0 saturated carbocycles. The highest BCUT2D eigenvalue weighted by atomic mass is 32.3. The zero-order valence-corrected chi connectivity index (χ0v) is 41.0. The molecule has 0 spiro atoms. The van der Waals surface area contributed by atoms with Crippen molar-refractivity contribution < 1.29 is 56.2 Å². The van der Waals surface area contributed by atoms with Gasteiger partial charge in [0.2, 0.25) is 0 Å². The predicted octanol–water partition coefficient (Wildman–Crippen LogP) is 11.2. The fourth-order valence-corrected chi connectivity index (χ4v) is 7.20. The van der Waals surface area contributed by atoms with Crippen LogP contribution in [0.5, 0.6) is 0 Å². The zero-order chi connectivity index (χ0) is 48.2. The SMILES string of the molecule is CC/C=C\C/C=C\C/C=C\C/C=C\C/C=C\C/C=C\C/C=C\CCCCCCOCC(COC1OC(CO)C(O)C(OS(=O)(=O)O)C1O)OC(=O)CCCCCCC/C=C\C/C=C\CCC. The van der Waals surface area contributed by atoms with Crippen LogP contribution in [0.3, 0.4) is 0 Å². The van der Waals surface area contributed by atoms with Crippen LogP contribution in [-0.4, -0.2) is 97.5 Å². The van der Waals surface area contributed by atoms with Crippen molar-refractivity contribution in [2.24, 2.45) is 0 Å². The van der Waals surface area contributed by atoms with E-state index in [2.05, 4.69) is 127 Å².